The average Bonchev–Trinajstić information content (AvgIpc) is 2.79. The average molecular weight is 172 g/mol. The number of hydrogen-bond donors (Lipinski definition) is 1. The van der Waals surface area contributed by atoms with E-state index < -0.39 is 0 Å². The van der Waals surface area contributed by atoms with Gasteiger partial charge in [-0.1, -0.05) is 0 Å². The highest BCUT2D eigenvalue weighted by Gasteiger charge is 2.45. The van der Waals surface area contributed by atoms with Gasteiger partial charge in [0.25, 0.3) is 0 Å². The Balaban J connectivity index is 2.06. The maximum atomic E-state index is 9.46. The Morgan fingerprint density at radius 3 is 2.58 bits per heavy atom. The predicted molar refractivity (Wildman–Crippen MR) is 49.1 cm³/mol. The molecule has 1 rings (SSSR count). The van der Waals surface area contributed by atoms with E-state index >= 15 is 0 Å². The van der Waals surface area contributed by atoms with E-state index in [-0.39, 0.29) is 11.5 Å². The zero-order valence-corrected chi connectivity index (χ0v) is 8.18. The molecule has 1 aliphatic carbocycles. The summed E-state index contributed by atoms with van der Waals surface area (Å²) in [6, 6.07) is 0. The van der Waals surface area contributed by atoms with Gasteiger partial charge in [-0.3, -0.25) is 0 Å². The molecule has 1 saturated carbocycles. The Bertz CT molecular complexity index is 128. The van der Waals surface area contributed by atoms with Gasteiger partial charge < -0.3 is 9.84 Å². The standard InChI is InChI=1S/C10H20O2/c1-3-12-8-4-5-10(6-7-10)9(2)11/h9,11H,3-8H2,1-2H3. The van der Waals surface area contributed by atoms with Crippen LogP contribution in [0.15, 0.2) is 0 Å². The molecule has 0 aromatic heterocycles. The fourth-order valence-corrected chi connectivity index (χ4v) is 1.71. The van der Waals surface area contributed by atoms with Gasteiger partial charge in [0.1, 0.15) is 0 Å². The van der Waals surface area contributed by atoms with Gasteiger partial charge >= 0.3 is 0 Å². The lowest BCUT2D eigenvalue weighted by Gasteiger charge is -2.17. The Morgan fingerprint density at radius 1 is 1.50 bits per heavy atom. The minimum Gasteiger partial charge on any atom is -0.393 e. The van der Waals surface area contributed by atoms with Crippen LogP contribution in [-0.4, -0.2) is 24.4 Å². The highest BCUT2D eigenvalue weighted by atomic mass is 16.5. The van der Waals surface area contributed by atoms with E-state index in [0.29, 0.717) is 0 Å². The third-order valence-corrected chi connectivity index (χ3v) is 2.95. The van der Waals surface area contributed by atoms with Crippen LogP contribution in [-0.2, 0) is 4.74 Å². The van der Waals surface area contributed by atoms with E-state index in [2.05, 4.69) is 0 Å². The second kappa shape index (κ2) is 4.24. The van der Waals surface area contributed by atoms with E-state index in [0.717, 1.165) is 26.1 Å². The van der Waals surface area contributed by atoms with E-state index in [1.54, 1.807) is 0 Å². The number of ether oxygens (including phenoxy) is 1. The summed E-state index contributed by atoms with van der Waals surface area (Å²) in [5.41, 5.74) is 0.275. The largest absolute Gasteiger partial charge is 0.393 e. The first-order valence-electron chi connectivity index (χ1n) is 4.97. The Morgan fingerprint density at radius 2 is 2.17 bits per heavy atom. The molecule has 72 valence electrons. The quantitative estimate of drug-likeness (QED) is 0.621. The van der Waals surface area contributed by atoms with Crippen LogP contribution in [0.3, 0.4) is 0 Å². The molecule has 0 heterocycles. The summed E-state index contributed by atoms with van der Waals surface area (Å²) < 4.78 is 5.25. The lowest BCUT2D eigenvalue weighted by atomic mass is 9.95. The van der Waals surface area contributed by atoms with E-state index in [9.17, 15) is 5.11 Å². The van der Waals surface area contributed by atoms with Crippen molar-refractivity contribution in [2.24, 2.45) is 5.41 Å². The lowest BCUT2D eigenvalue weighted by molar-refractivity contribution is 0.0876. The number of aliphatic hydroxyl groups is 1. The molecular weight excluding hydrogens is 152 g/mol. The van der Waals surface area contributed by atoms with E-state index in [1.807, 2.05) is 13.8 Å². The summed E-state index contributed by atoms with van der Waals surface area (Å²) in [7, 11) is 0. The SMILES string of the molecule is CCOCCCC1(C(C)O)CC1. The van der Waals surface area contributed by atoms with Gasteiger partial charge in [0.05, 0.1) is 6.10 Å². The second-order valence-corrected chi connectivity index (χ2v) is 3.84. The molecule has 2 nitrogen and oxygen atoms in total. The highest BCUT2D eigenvalue weighted by molar-refractivity contribution is 4.96. The van der Waals surface area contributed by atoms with Gasteiger partial charge in [-0.15, -0.1) is 0 Å². The number of rotatable bonds is 6. The minimum absolute atomic E-state index is 0.126. The van der Waals surface area contributed by atoms with Crippen LogP contribution in [0.5, 0.6) is 0 Å². The van der Waals surface area contributed by atoms with Crippen LogP contribution in [0.25, 0.3) is 0 Å². The van der Waals surface area contributed by atoms with Gasteiger partial charge in [0, 0.05) is 13.2 Å². The van der Waals surface area contributed by atoms with Crippen LogP contribution < -0.4 is 0 Å². The summed E-state index contributed by atoms with van der Waals surface area (Å²) >= 11 is 0. The molecule has 0 bridgehead atoms. The molecule has 12 heavy (non-hydrogen) atoms. The molecule has 0 spiro atoms. The van der Waals surface area contributed by atoms with Crippen molar-refractivity contribution in [3.8, 4) is 0 Å². The maximum Gasteiger partial charge on any atom is 0.0568 e. The molecule has 1 unspecified atom stereocenters. The molecule has 0 aliphatic heterocycles. The Labute approximate surface area is 74.9 Å². The van der Waals surface area contributed by atoms with Crippen molar-refractivity contribution in [1.29, 1.82) is 0 Å². The van der Waals surface area contributed by atoms with Crippen LogP contribution in [0.1, 0.15) is 39.5 Å². The molecule has 1 N–H and O–H groups in total. The summed E-state index contributed by atoms with van der Waals surface area (Å²) in [4.78, 5) is 0. The Kier molecular flexibility index (Phi) is 3.53. The Hall–Kier alpha value is -0.0800. The molecule has 0 saturated heterocycles. The van der Waals surface area contributed by atoms with Crippen molar-refractivity contribution >= 4 is 0 Å². The smallest absolute Gasteiger partial charge is 0.0568 e. The van der Waals surface area contributed by atoms with Gasteiger partial charge in [-0.25, -0.2) is 0 Å². The van der Waals surface area contributed by atoms with Gasteiger partial charge in [0.15, 0.2) is 0 Å². The maximum absolute atomic E-state index is 9.46. The van der Waals surface area contributed by atoms with Crippen molar-refractivity contribution in [3.63, 3.8) is 0 Å². The zero-order valence-electron chi connectivity index (χ0n) is 8.18. The third-order valence-electron chi connectivity index (χ3n) is 2.95. The molecule has 0 amide bonds. The first kappa shape index (κ1) is 10.0. The number of hydrogen-bond acceptors (Lipinski definition) is 2. The van der Waals surface area contributed by atoms with Crippen LogP contribution in [0, 0.1) is 5.41 Å². The van der Waals surface area contributed by atoms with Gasteiger partial charge in [-0.05, 0) is 44.9 Å². The van der Waals surface area contributed by atoms with Crippen molar-refractivity contribution in [3.05, 3.63) is 0 Å². The first-order valence-corrected chi connectivity index (χ1v) is 4.97. The molecular formula is C10H20O2. The fraction of sp³-hybridized carbons (Fsp3) is 1.00. The molecule has 1 atom stereocenters. The second-order valence-electron chi connectivity index (χ2n) is 3.84. The van der Waals surface area contributed by atoms with Gasteiger partial charge in [-0.2, -0.15) is 0 Å². The minimum atomic E-state index is -0.126. The van der Waals surface area contributed by atoms with Gasteiger partial charge in [0.2, 0.25) is 0 Å². The monoisotopic (exact) mass is 172 g/mol. The first-order chi connectivity index (χ1) is 5.71. The zero-order chi connectivity index (χ0) is 9.03. The van der Waals surface area contributed by atoms with Crippen LogP contribution >= 0.6 is 0 Å². The summed E-state index contributed by atoms with van der Waals surface area (Å²) in [5, 5.41) is 9.46. The summed E-state index contributed by atoms with van der Waals surface area (Å²) in [6.07, 6.45) is 4.51. The predicted octanol–water partition coefficient (Wildman–Crippen LogP) is 1.96. The topological polar surface area (TPSA) is 29.5 Å². The fourth-order valence-electron chi connectivity index (χ4n) is 1.71. The van der Waals surface area contributed by atoms with Crippen molar-refractivity contribution < 1.29 is 9.84 Å². The summed E-state index contributed by atoms with van der Waals surface area (Å²) in [6.45, 7) is 5.59. The molecule has 2 heteroatoms. The van der Waals surface area contributed by atoms with E-state index in [4.69, 9.17) is 4.74 Å². The third kappa shape index (κ3) is 2.46. The van der Waals surface area contributed by atoms with Crippen molar-refractivity contribution in [2.45, 2.75) is 45.6 Å². The lowest BCUT2D eigenvalue weighted by Crippen LogP contribution is -2.18. The molecule has 0 aromatic carbocycles. The molecule has 1 aliphatic rings. The van der Waals surface area contributed by atoms with E-state index in [1.165, 1.54) is 12.8 Å². The molecule has 0 aromatic rings. The molecule has 1 fully saturated rings. The van der Waals surface area contributed by atoms with Crippen molar-refractivity contribution in [1.82, 2.24) is 0 Å². The normalized spacial score (nSPS) is 22.2. The van der Waals surface area contributed by atoms with Crippen molar-refractivity contribution in [2.75, 3.05) is 13.2 Å². The van der Waals surface area contributed by atoms with Crippen LogP contribution in [0.4, 0.5) is 0 Å². The number of aliphatic hydroxyl groups excluding tert-OH is 1. The highest BCUT2D eigenvalue weighted by Crippen LogP contribution is 2.52. The van der Waals surface area contributed by atoms with Crippen LogP contribution in [0.2, 0.25) is 0 Å². The summed E-state index contributed by atoms with van der Waals surface area (Å²) in [5.74, 6) is 0. The molecule has 0 radical (unpaired) electrons.